The molecule has 0 spiro atoms. The molecule has 0 aliphatic rings. The van der Waals surface area contributed by atoms with Crippen molar-refractivity contribution in [3.63, 3.8) is 0 Å². The molecule has 0 N–H and O–H groups in total. The number of ether oxygens (including phenoxy) is 1. The Bertz CT molecular complexity index is 314. The van der Waals surface area contributed by atoms with E-state index in [0.29, 0.717) is 10.6 Å². The highest BCUT2D eigenvalue weighted by molar-refractivity contribution is 7.07. The molecule has 0 unspecified atom stereocenters. The zero-order valence-electron chi connectivity index (χ0n) is 8.12. The van der Waals surface area contributed by atoms with Crippen molar-refractivity contribution >= 4 is 17.5 Å². The molecular weight excluding hydrogens is 188 g/mol. The molecular formula is C8H12N2O2S. The lowest BCUT2D eigenvalue weighted by Crippen LogP contribution is -2.16. The molecule has 13 heavy (non-hydrogen) atoms. The lowest BCUT2D eigenvalue weighted by Gasteiger charge is -2.15. The number of carbonyl (C=O) groups excluding carboxylic acids is 1. The van der Waals surface area contributed by atoms with E-state index in [1.165, 1.54) is 7.11 Å². The van der Waals surface area contributed by atoms with E-state index in [1.54, 1.807) is 0 Å². The predicted molar refractivity (Wildman–Crippen MR) is 49.9 cm³/mol. The van der Waals surface area contributed by atoms with Crippen LogP contribution in [0.3, 0.4) is 0 Å². The summed E-state index contributed by atoms with van der Waals surface area (Å²) in [5.41, 5.74) is 0.528. The van der Waals surface area contributed by atoms with Gasteiger partial charge in [-0.1, -0.05) is 25.3 Å². The van der Waals surface area contributed by atoms with Crippen molar-refractivity contribution in [2.24, 2.45) is 0 Å². The van der Waals surface area contributed by atoms with Gasteiger partial charge in [-0.05, 0) is 11.5 Å². The fourth-order valence-electron chi connectivity index (χ4n) is 0.908. The van der Waals surface area contributed by atoms with E-state index in [4.69, 9.17) is 0 Å². The molecule has 0 aliphatic heterocycles. The van der Waals surface area contributed by atoms with Gasteiger partial charge in [-0.25, -0.2) is 4.79 Å². The second-order valence-corrected chi connectivity index (χ2v) is 4.45. The van der Waals surface area contributed by atoms with Gasteiger partial charge >= 0.3 is 5.97 Å². The number of aromatic nitrogens is 2. The second-order valence-electron chi connectivity index (χ2n) is 3.69. The van der Waals surface area contributed by atoms with Crippen LogP contribution in [0.25, 0.3) is 0 Å². The molecule has 72 valence electrons. The van der Waals surface area contributed by atoms with Gasteiger partial charge in [0.25, 0.3) is 0 Å². The molecule has 0 aromatic carbocycles. The first-order chi connectivity index (χ1) is 5.96. The highest BCUT2D eigenvalue weighted by Crippen LogP contribution is 2.25. The molecule has 1 rings (SSSR count). The van der Waals surface area contributed by atoms with Crippen LogP contribution in [0.5, 0.6) is 0 Å². The standard InChI is InChI=1S/C8H12N2O2S/c1-8(2,3)6-5(7(11)12-4)13-10-9-6/h1-4H3. The Hall–Kier alpha value is -0.970. The quantitative estimate of drug-likeness (QED) is 0.646. The lowest BCUT2D eigenvalue weighted by molar-refractivity contribution is 0.0603. The van der Waals surface area contributed by atoms with Crippen LogP contribution in [0.15, 0.2) is 0 Å². The summed E-state index contributed by atoms with van der Waals surface area (Å²) in [4.78, 5) is 11.7. The summed E-state index contributed by atoms with van der Waals surface area (Å²) in [7, 11) is 1.36. The minimum atomic E-state index is -0.361. The van der Waals surface area contributed by atoms with Crippen LogP contribution < -0.4 is 0 Å². The van der Waals surface area contributed by atoms with Crippen LogP contribution in [0.1, 0.15) is 36.1 Å². The number of carbonyl (C=O) groups is 1. The van der Waals surface area contributed by atoms with E-state index in [2.05, 4.69) is 14.3 Å². The first-order valence-electron chi connectivity index (χ1n) is 3.88. The van der Waals surface area contributed by atoms with E-state index in [9.17, 15) is 4.79 Å². The SMILES string of the molecule is COC(=O)c1snnc1C(C)(C)C. The molecule has 0 fully saturated rings. The van der Waals surface area contributed by atoms with Crippen LogP contribution in [0.2, 0.25) is 0 Å². The smallest absolute Gasteiger partial charge is 0.351 e. The Kier molecular flexibility index (Phi) is 2.66. The van der Waals surface area contributed by atoms with Crippen LogP contribution in [-0.2, 0) is 10.2 Å². The van der Waals surface area contributed by atoms with Gasteiger partial charge in [-0.2, -0.15) is 0 Å². The number of nitrogens with zero attached hydrogens (tertiary/aromatic N) is 2. The fourth-order valence-corrected chi connectivity index (χ4v) is 1.70. The molecule has 0 amide bonds. The first-order valence-corrected chi connectivity index (χ1v) is 4.65. The summed E-state index contributed by atoms with van der Waals surface area (Å²) in [6.45, 7) is 5.95. The minimum Gasteiger partial charge on any atom is -0.465 e. The molecule has 1 heterocycles. The van der Waals surface area contributed by atoms with E-state index in [1.807, 2.05) is 20.8 Å². The molecule has 4 nitrogen and oxygen atoms in total. The average molecular weight is 200 g/mol. The molecule has 1 aromatic rings. The third kappa shape index (κ3) is 2.03. The van der Waals surface area contributed by atoms with Crippen molar-refractivity contribution in [3.05, 3.63) is 10.6 Å². The van der Waals surface area contributed by atoms with Crippen molar-refractivity contribution in [1.82, 2.24) is 9.59 Å². The van der Waals surface area contributed by atoms with Crippen LogP contribution in [-0.4, -0.2) is 22.7 Å². The topological polar surface area (TPSA) is 52.1 Å². The van der Waals surface area contributed by atoms with Crippen molar-refractivity contribution in [3.8, 4) is 0 Å². The lowest BCUT2D eigenvalue weighted by atomic mass is 9.91. The van der Waals surface area contributed by atoms with Gasteiger partial charge in [0, 0.05) is 5.41 Å². The van der Waals surface area contributed by atoms with Crippen LogP contribution in [0, 0.1) is 0 Å². The molecule has 0 atom stereocenters. The summed E-state index contributed by atoms with van der Waals surface area (Å²) in [5.74, 6) is -0.361. The van der Waals surface area contributed by atoms with Crippen molar-refractivity contribution in [1.29, 1.82) is 0 Å². The molecule has 0 saturated heterocycles. The summed E-state index contributed by atoms with van der Waals surface area (Å²) < 4.78 is 8.37. The van der Waals surface area contributed by atoms with E-state index in [-0.39, 0.29) is 11.4 Å². The van der Waals surface area contributed by atoms with Crippen LogP contribution >= 0.6 is 11.5 Å². The van der Waals surface area contributed by atoms with E-state index in [0.717, 1.165) is 11.5 Å². The Balaban J connectivity index is 3.10. The predicted octanol–water partition coefficient (Wildman–Crippen LogP) is 1.62. The zero-order valence-corrected chi connectivity index (χ0v) is 8.94. The van der Waals surface area contributed by atoms with Gasteiger partial charge in [0.2, 0.25) is 0 Å². The minimum absolute atomic E-state index is 0.170. The molecule has 0 aliphatic carbocycles. The van der Waals surface area contributed by atoms with Gasteiger partial charge < -0.3 is 4.74 Å². The molecule has 0 bridgehead atoms. The zero-order chi connectivity index (χ0) is 10.1. The van der Waals surface area contributed by atoms with Gasteiger partial charge in [0.15, 0.2) is 4.88 Å². The highest BCUT2D eigenvalue weighted by Gasteiger charge is 2.26. The van der Waals surface area contributed by atoms with Gasteiger partial charge in [0.05, 0.1) is 12.8 Å². The molecule has 5 heteroatoms. The first kappa shape index (κ1) is 10.1. The number of rotatable bonds is 1. The van der Waals surface area contributed by atoms with Gasteiger partial charge in [0.1, 0.15) is 0 Å². The van der Waals surface area contributed by atoms with Crippen molar-refractivity contribution in [2.45, 2.75) is 26.2 Å². The average Bonchev–Trinajstić information content (AvgIpc) is 2.49. The third-order valence-corrected chi connectivity index (χ3v) is 2.28. The number of methoxy groups -OCH3 is 1. The Labute approximate surface area is 81.1 Å². The normalized spacial score (nSPS) is 11.4. The fraction of sp³-hybridized carbons (Fsp3) is 0.625. The van der Waals surface area contributed by atoms with Crippen LogP contribution in [0.4, 0.5) is 0 Å². The number of esters is 1. The van der Waals surface area contributed by atoms with Crippen molar-refractivity contribution < 1.29 is 9.53 Å². The number of hydrogen-bond acceptors (Lipinski definition) is 5. The van der Waals surface area contributed by atoms with E-state index < -0.39 is 0 Å². The largest absolute Gasteiger partial charge is 0.465 e. The summed E-state index contributed by atoms with van der Waals surface area (Å²) in [5, 5.41) is 3.92. The maximum Gasteiger partial charge on any atom is 0.351 e. The van der Waals surface area contributed by atoms with Crippen molar-refractivity contribution in [2.75, 3.05) is 7.11 Å². The Morgan fingerprint density at radius 3 is 2.54 bits per heavy atom. The third-order valence-electron chi connectivity index (χ3n) is 1.57. The summed E-state index contributed by atoms with van der Waals surface area (Å²) >= 11 is 1.07. The molecule has 0 saturated carbocycles. The Morgan fingerprint density at radius 2 is 2.08 bits per heavy atom. The maximum atomic E-state index is 11.3. The van der Waals surface area contributed by atoms with Gasteiger partial charge in [-0.3, -0.25) is 0 Å². The summed E-state index contributed by atoms with van der Waals surface area (Å²) in [6, 6.07) is 0. The molecule has 1 aromatic heterocycles. The monoisotopic (exact) mass is 200 g/mol. The second kappa shape index (κ2) is 3.41. The molecule has 0 radical (unpaired) electrons. The number of hydrogen-bond donors (Lipinski definition) is 0. The highest BCUT2D eigenvalue weighted by atomic mass is 32.1. The van der Waals surface area contributed by atoms with E-state index >= 15 is 0 Å². The summed E-state index contributed by atoms with van der Waals surface area (Å²) in [6.07, 6.45) is 0. The maximum absolute atomic E-state index is 11.3. The van der Waals surface area contributed by atoms with Gasteiger partial charge in [-0.15, -0.1) is 5.10 Å². The Morgan fingerprint density at radius 1 is 1.46 bits per heavy atom.